The number of nitrogens with zero attached hydrogens (tertiary/aromatic N) is 1. The molecule has 1 heterocycles. The van der Waals surface area contributed by atoms with Gasteiger partial charge in [-0.25, -0.2) is 0 Å². The Hall–Kier alpha value is -0.880. The normalized spacial score (nSPS) is 30.7. The number of Topliss-reactive ketones (excluding diaryl/α,β-unsaturated/α-hetero) is 1. The number of ether oxygens (including phenoxy) is 1. The van der Waals surface area contributed by atoms with Crippen molar-refractivity contribution in [1.29, 1.82) is 5.26 Å². The number of hydrogen-bond acceptors (Lipinski definition) is 3. The molecule has 0 aromatic heterocycles. The molecule has 0 aromatic carbocycles. The third-order valence-corrected chi connectivity index (χ3v) is 2.98. The van der Waals surface area contributed by atoms with Gasteiger partial charge in [0.25, 0.3) is 0 Å². The lowest BCUT2D eigenvalue weighted by atomic mass is 9.82. The average molecular weight is 195 g/mol. The molecular formula is C11H17NO2. The van der Waals surface area contributed by atoms with Crippen LogP contribution in [-0.4, -0.2) is 18.0 Å². The lowest BCUT2D eigenvalue weighted by Gasteiger charge is -2.21. The first-order valence-electron chi connectivity index (χ1n) is 5.05. The number of carbonyl (C=O) groups excluding carboxylic acids is 1. The van der Waals surface area contributed by atoms with E-state index in [1.807, 2.05) is 6.92 Å². The Morgan fingerprint density at radius 1 is 1.64 bits per heavy atom. The molecule has 0 saturated carbocycles. The zero-order chi connectivity index (χ0) is 10.8. The predicted molar refractivity (Wildman–Crippen MR) is 52.6 cm³/mol. The molecule has 0 bridgehead atoms. The smallest absolute Gasteiger partial charge is 0.149 e. The van der Waals surface area contributed by atoms with Gasteiger partial charge in [-0.2, -0.15) is 5.26 Å². The third-order valence-electron chi connectivity index (χ3n) is 2.98. The van der Waals surface area contributed by atoms with Gasteiger partial charge in [-0.15, -0.1) is 0 Å². The molecule has 0 spiro atoms. The SMILES string of the molecule is CC(=O)C(C)(C#N)CC1CCC(C)O1. The Morgan fingerprint density at radius 3 is 2.64 bits per heavy atom. The molecule has 3 nitrogen and oxygen atoms in total. The molecule has 0 radical (unpaired) electrons. The fourth-order valence-corrected chi connectivity index (χ4v) is 1.76. The minimum absolute atomic E-state index is 0.0665. The van der Waals surface area contributed by atoms with Crippen molar-refractivity contribution in [2.45, 2.75) is 52.2 Å². The van der Waals surface area contributed by atoms with Crippen molar-refractivity contribution >= 4 is 5.78 Å². The molecule has 0 aliphatic carbocycles. The summed E-state index contributed by atoms with van der Waals surface area (Å²) in [5.41, 5.74) is -0.866. The van der Waals surface area contributed by atoms with Gasteiger partial charge in [-0.1, -0.05) is 0 Å². The summed E-state index contributed by atoms with van der Waals surface area (Å²) in [6.07, 6.45) is 2.88. The van der Waals surface area contributed by atoms with E-state index in [1.165, 1.54) is 6.92 Å². The van der Waals surface area contributed by atoms with Crippen LogP contribution >= 0.6 is 0 Å². The van der Waals surface area contributed by atoms with E-state index in [1.54, 1.807) is 6.92 Å². The summed E-state index contributed by atoms with van der Waals surface area (Å²) in [4.78, 5) is 11.3. The van der Waals surface area contributed by atoms with E-state index in [-0.39, 0.29) is 18.0 Å². The molecule has 3 heteroatoms. The topological polar surface area (TPSA) is 50.1 Å². The minimum Gasteiger partial charge on any atom is -0.375 e. The van der Waals surface area contributed by atoms with E-state index >= 15 is 0 Å². The van der Waals surface area contributed by atoms with Crippen LogP contribution in [0.15, 0.2) is 0 Å². The second-order valence-electron chi connectivity index (χ2n) is 4.35. The summed E-state index contributed by atoms with van der Waals surface area (Å²) >= 11 is 0. The fraction of sp³-hybridized carbons (Fsp3) is 0.818. The molecule has 1 fully saturated rings. The Kier molecular flexibility index (Phi) is 3.28. The summed E-state index contributed by atoms with van der Waals surface area (Å²) < 4.78 is 5.61. The van der Waals surface area contributed by atoms with Crippen molar-refractivity contribution in [1.82, 2.24) is 0 Å². The molecular weight excluding hydrogens is 178 g/mol. The largest absolute Gasteiger partial charge is 0.375 e. The third kappa shape index (κ3) is 2.33. The fourth-order valence-electron chi connectivity index (χ4n) is 1.76. The Labute approximate surface area is 85.1 Å². The Balaban J connectivity index is 2.58. The van der Waals surface area contributed by atoms with Gasteiger partial charge in [0.1, 0.15) is 11.2 Å². The summed E-state index contributed by atoms with van der Waals surface area (Å²) in [5.74, 6) is -0.0665. The van der Waals surface area contributed by atoms with Crippen molar-refractivity contribution in [3.8, 4) is 6.07 Å². The number of hydrogen-bond donors (Lipinski definition) is 0. The quantitative estimate of drug-likeness (QED) is 0.692. The highest BCUT2D eigenvalue weighted by Crippen LogP contribution is 2.31. The minimum atomic E-state index is -0.866. The van der Waals surface area contributed by atoms with Gasteiger partial charge in [0.05, 0.1) is 18.3 Å². The summed E-state index contributed by atoms with van der Waals surface area (Å²) in [5, 5.41) is 8.96. The van der Waals surface area contributed by atoms with E-state index in [9.17, 15) is 4.79 Å². The van der Waals surface area contributed by atoms with Gasteiger partial charge >= 0.3 is 0 Å². The first-order chi connectivity index (χ1) is 6.48. The zero-order valence-electron chi connectivity index (χ0n) is 9.04. The molecule has 0 N–H and O–H groups in total. The molecule has 1 saturated heterocycles. The van der Waals surface area contributed by atoms with E-state index < -0.39 is 5.41 Å². The molecule has 1 aliphatic rings. The first kappa shape index (κ1) is 11.2. The predicted octanol–water partition coefficient (Wildman–Crippen LogP) is 2.06. The molecule has 3 unspecified atom stereocenters. The summed E-state index contributed by atoms with van der Waals surface area (Å²) in [7, 11) is 0. The van der Waals surface area contributed by atoms with Gasteiger partial charge < -0.3 is 4.74 Å². The standard InChI is InChI=1S/C11H17NO2/c1-8-4-5-10(14-8)6-11(3,7-12)9(2)13/h8,10H,4-6H2,1-3H3. The van der Waals surface area contributed by atoms with E-state index in [0.29, 0.717) is 6.42 Å². The maximum absolute atomic E-state index is 11.3. The summed E-state index contributed by atoms with van der Waals surface area (Å²) in [6.45, 7) is 5.20. The van der Waals surface area contributed by atoms with Crippen LogP contribution in [0.4, 0.5) is 0 Å². The van der Waals surface area contributed by atoms with Crippen LogP contribution < -0.4 is 0 Å². The number of ketones is 1. The monoisotopic (exact) mass is 195 g/mol. The number of carbonyl (C=O) groups is 1. The van der Waals surface area contributed by atoms with Crippen molar-refractivity contribution < 1.29 is 9.53 Å². The van der Waals surface area contributed by atoms with Gasteiger partial charge in [-0.05, 0) is 40.0 Å². The average Bonchev–Trinajstić information content (AvgIpc) is 2.50. The lowest BCUT2D eigenvalue weighted by molar-refractivity contribution is -0.124. The van der Waals surface area contributed by atoms with Crippen LogP contribution in [0.2, 0.25) is 0 Å². The van der Waals surface area contributed by atoms with Crippen molar-refractivity contribution in [3.05, 3.63) is 0 Å². The number of rotatable bonds is 3. The highest BCUT2D eigenvalue weighted by molar-refractivity contribution is 5.84. The maximum atomic E-state index is 11.3. The Bertz CT molecular complexity index is 269. The van der Waals surface area contributed by atoms with Crippen molar-refractivity contribution in [3.63, 3.8) is 0 Å². The van der Waals surface area contributed by atoms with Gasteiger partial charge in [0.15, 0.2) is 0 Å². The second kappa shape index (κ2) is 4.10. The van der Waals surface area contributed by atoms with Crippen LogP contribution in [0.3, 0.4) is 0 Å². The van der Waals surface area contributed by atoms with Gasteiger partial charge in [-0.3, -0.25) is 4.79 Å². The lowest BCUT2D eigenvalue weighted by Crippen LogP contribution is -2.29. The van der Waals surface area contributed by atoms with Crippen molar-refractivity contribution in [2.24, 2.45) is 5.41 Å². The summed E-state index contributed by atoms with van der Waals surface area (Å²) in [6, 6.07) is 2.09. The van der Waals surface area contributed by atoms with Gasteiger partial charge in [0, 0.05) is 0 Å². The van der Waals surface area contributed by atoms with E-state index in [2.05, 4.69) is 6.07 Å². The first-order valence-corrected chi connectivity index (χ1v) is 5.05. The van der Waals surface area contributed by atoms with E-state index in [0.717, 1.165) is 12.8 Å². The van der Waals surface area contributed by atoms with Crippen molar-refractivity contribution in [2.75, 3.05) is 0 Å². The van der Waals surface area contributed by atoms with Crippen LogP contribution in [0.1, 0.15) is 40.0 Å². The van der Waals surface area contributed by atoms with Crippen LogP contribution in [0.25, 0.3) is 0 Å². The van der Waals surface area contributed by atoms with Crippen LogP contribution in [-0.2, 0) is 9.53 Å². The molecule has 1 aliphatic heterocycles. The molecule has 0 amide bonds. The van der Waals surface area contributed by atoms with E-state index in [4.69, 9.17) is 10.00 Å². The maximum Gasteiger partial charge on any atom is 0.149 e. The van der Waals surface area contributed by atoms with Gasteiger partial charge in [0.2, 0.25) is 0 Å². The molecule has 1 rings (SSSR count). The highest BCUT2D eigenvalue weighted by atomic mass is 16.5. The zero-order valence-corrected chi connectivity index (χ0v) is 9.04. The van der Waals surface area contributed by atoms with Crippen LogP contribution in [0.5, 0.6) is 0 Å². The second-order valence-corrected chi connectivity index (χ2v) is 4.35. The molecule has 3 atom stereocenters. The Morgan fingerprint density at radius 2 is 2.29 bits per heavy atom. The highest BCUT2D eigenvalue weighted by Gasteiger charge is 2.35. The van der Waals surface area contributed by atoms with Crippen LogP contribution in [0, 0.1) is 16.7 Å². The molecule has 78 valence electrons. The molecule has 14 heavy (non-hydrogen) atoms. The number of nitriles is 1. The molecule has 0 aromatic rings.